The SMILES string of the molecule is CCOC(=O)Cn1cc2c(=O)[nH]cnc2n1. The monoisotopic (exact) mass is 222 g/mol. The summed E-state index contributed by atoms with van der Waals surface area (Å²) in [6.45, 7) is 2.02. The van der Waals surface area contributed by atoms with E-state index in [-0.39, 0.29) is 12.1 Å². The van der Waals surface area contributed by atoms with Crippen molar-refractivity contribution in [1.29, 1.82) is 0 Å². The number of carbonyl (C=O) groups excluding carboxylic acids is 1. The number of nitrogens with one attached hydrogen (secondary N) is 1. The maximum Gasteiger partial charge on any atom is 0.327 e. The molecule has 2 aromatic heterocycles. The zero-order chi connectivity index (χ0) is 11.5. The van der Waals surface area contributed by atoms with Crippen molar-refractivity contribution < 1.29 is 9.53 Å². The van der Waals surface area contributed by atoms with E-state index in [2.05, 4.69) is 15.1 Å². The third-order valence-electron chi connectivity index (χ3n) is 1.97. The quantitative estimate of drug-likeness (QED) is 0.719. The number of ether oxygens (including phenoxy) is 1. The Kier molecular flexibility index (Phi) is 2.67. The zero-order valence-electron chi connectivity index (χ0n) is 8.64. The van der Waals surface area contributed by atoms with Crippen LogP contribution in [-0.4, -0.2) is 32.3 Å². The highest BCUT2D eigenvalue weighted by molar-refractivity contribution is 5.74. The second-order valence-corrected chi connectivity index (χ2v) is 3.10. The van der Waals surface area contributed by atoms with Crippen LogP contribution in [0.25, 0.3) is 11.0 Å². The molecule has 2 heterocycles. The van der Waals surface area contributed by atoms with Gasteiger partial charge in [0.1, 0.15) is 11.9 Å². The van der Waals surface area contributed by atoms with Crippen molar-refractivity contribution in [2.45, 2.75) is 13.5 Å². The summed E-state index contributed by atoms with van der Waals surface area (Å²) in [6.07, 6.45) is 2.74. The van der Waals surface area contributed by atoms with Crippen LogP contribution in [0.15, 0.2) is 17.3 Å². The van der Waals surface area contributed by atoms with Gasteiger partial charge in [0.25, 0.3) is 5.56 Å². The molecule has 7 heteroatoms. The van der Waals surface area contributed by atoms with Gasteiger partial charge in [-0.15, -0.1) is 0 Å². The van der Waals surface area contributed by atoms with E-state index in [0.717, 1.165) is 0 Å². The van der Waals surface area contributed by atoms with Crippen LogP contribution in [-0.2, 0) is 16.1 Å². The van der Waals surface area contributed by atoms with E-state index in [1.54, 1.807) is 6.92 Å². The van der Waals surface area contributed by atoms with Crippen LogP contribution < -0.4 is 5.56 Å². The number of aromatic nitrogens is 4. The third kappa shape index (κ3) is 1.92. The third-order valence-corrected chi connectivity index (χ3v) is 1.97. The largest absolute Gasteiger partial charge is 0.465 e. The molecule has 0 unspecified atom stereocenters. The fourth-order valence-electron chi connectivity index (χ4n) is 1.32. The Morgan fingerprint density at radius 3 is 3.12 bits per heavy atom. The summed E-state index contributed by atoms with van der Waals surface area (Å²) >= 11 is 0. The number of hydrogen-bond donors (Lipinski definition) is 1. The molecule has 7 nitrogen and oxygen atoms in total. The van der Waals surface area contributed by atoms with E-state index in [1.165, 1.54) is 17.2 Å². The number of carbonyl (C=O) groups is 1. The van der Waals surface area contributed by atoms with Gasteiger partial charge in [0.15, 0.2) is 5.65 Å². The van der Waals surface area contributed by atoms with Crippen molar-refractivity contribution in [2.75, 3.05) is 6.61 Å². The highest BCUT2D eigenvalue weighted by Gasteiger charge is 2.08. The van der Waals surface area contributed by atoms with Crippen LogP contribution in [0, 0.1) is 0 Å². The lowest BCUT2D eigenvalue weighted by molar-refractivity contribution is -0.144. The van der Waals surface area contributed by atoms with Crippen LogP contribution in [0.2, 0.25) is 0 Å². The Hall–Kier alpha value is -2.18. The van der Waals surface area contributed by atoms with Crippen molar-refractivity contribution in [1.82, 2.24) is 19.7 Å². The fourth-order valence-corrected chi connectivity index (χ4v) is 1.32. The number of fused-ring (bicyclic) bond motifs is 1. The summed E-state index contributed by atoms with van der Waals surface area (Å²) in [5, 5.41) is 4.33. The van der Waals surface area contributed by atoms with Gasteiger partial charge in [-0.25, -0.2) is 4.98 Å². The van der Waals surface area contributed by atoms with Crippen molar-refractivity contribution in [3.8, 4) is 0 Å². The molecule has 0 saturated carbocycles. The normalized spacial score (nSPS) is 10.6. The molecule has 0 atom stereocenters. The molecule has 1 N–H and O–H groups in total. The van der Waals surface area contributed by atoms with E-state index in [4.69, 9.17) is 4.74 Å². The highest BCUT2D eigenvalue weighted by atomic mass is 16.5. The summed E-state index contributed by atoms with van der Waals surface area (Å²) in [7, 11) is 0. The van der Waals surface area contributed by atoms with Crippen molar-refractivity contribution in [3.05, 3.63) is 22.9 Å². The molecule has 0 aliphatic heterocycles. The van der Waals surface area contributed by atoms with Gasteiger partial charge in [0, 0.05) is 6.20 Å². The van der Waals surface area contributed by atoms with Gasteiger partial charge in [-0.3, -0.25) is 14.3 Å². The van der Waals surface area contributed by atoms with Crippen LogP contribution >= 0.6 is 0 Å². The van der Waals surface area contributed by atoms with Gasteiger partial charge in [0.2, 0.25) is 0 Å². The van der Waals surface area contributed by atoms with Gasteiger partial charge in [0.05, 0.1) is 12.9 Å². The van der Waals surface area contributed by atoms with E-state index >= 15 is 0 Å². The van der Waals surface area contributed by atoms with Crippen molar-refractivity contribution in [2.24, 2.45) is 0 Å². The maximum absolute atomic E-state index is 11.3. The topological polar surface area (TPSA) is 89.9 Å². The highest BCUT2D eigenvalue weighted by Crippen LogP contribution is 2.02. The summed E-state index contributed by atoms with van der Waals surface area (Å²) in [5.74, 6) is -0.397. The zero-order valence-corrected chi connectivity index (χ0v) is 8.64. The molecular weight excluding hydrogens is 212 g/mol. The van der Waals surface area contributed by atoms with Crippen LogP contribution in [0.4, 0.5) is 0 Å². The predicted octanol–water partition coefficient (Wildman–Crippen LogP) is -0.317. The molecule has 0 saturated heterocycles. The van der Waals surface area contributed by atoms with Gasteiger partial charge >= 0.3 is 5.97 Å². The van der Waals surface area contributed by atoms with Crippen molar-refractivity contribution >= 4 is 17.0 Å². The number of hydrogen-bond acceptors (Lipinski definition) is 5. The molecule has 16 heavy (non-hydrogen) atoms. The number of nitrogens with zero attached hydrogens (tertiary/aromatic N) is 3. The summed E-state index contributed by atoms with van der Waals surface area (Å²) in [6, 6.07) is 0. The molecule has 2 rings (SSSR count). The Morgan fingerprint density at radius 1 is 1.62 bits per heavy atom. The second kappa shape index (κ2) is 4.13. The van der Waals surface area contributed by atoms with E-state index in [9.17, 15) is 9.59 Å². The van der Waals surface area contributed by atoms with Crippen LogP contribution in [0.5, 0.6) is 0 Å². The van der Waals surface area contributed by atoms with Gasteiger partial charge < -0.3 is 9.72 Å². The minimum Gasteiger partial charge on any atom is -0.465 e. The lowest BCUT2D eigenvalue weighted by Crippen LogP contribution is -2.13. The van der Waals surface area contributed by atoms with Gasteiger partial charge in [-0.05, 0) is 6.92 Å². The average Bonchev–Trinajstić information content (AvgIpc) is 2.62. The Bertz CT molecular complexity index is 571. The molecule has 84 valence electrons. The molecule has 0 aliphatic carbocycles. The smallest absolute Gasteiger partial charge is 0.327 e. The summed E-state index contributed by atoms with van der Waals surface area (Å²) < 4.78 is 6.10. The molecular formula is C9H10N4O3. The second-order valence-electron chi connectivity index (χ2n) is 3.10. The molecule has 0 aromatic carbocycles. The molecule has 0 aliphatic rings. The Balaban J connectivity index is 2.30. The molecule has 0 spiro atoms. The van der Waals surface area contributed by atoms with E-state index in [0.29, 0.717) is 17.6 Å². The minimum atomic E-state index is -0.397. The fraction of sp³-hybridized carbons (Fsp3) is 0.333. The summed E-state index contributed by atoms with van der Waals surface area (Å²) in [4.78, 5) is 28.8. The molecule has 0 radical (unpaired) electrons. The van der Waals surface area contributed by atoms with Crippen LogP contribution in [0.1, 0.15) is 6.92 Å². The Morgan fingerprint density at radius 2 is 2.44 bits per heavy atom. The molecule has 2 aromatic rings. The number of esters is 1. The average molecular weight is 222 g/mol. The number of aromatic amines is 1. The van der Waals surface area contributed by atoms with Gasteiger partial charge in [-0.1, -0.05) is 0 Å². The van der Waals surface area contributed by atoms with Crippen molar-refractivity contribution in [3.63, 3.8) is 0 Å². The lowest BCUT2D eigenvalue weighted by Gasteiger charge is -2.00. The van der Waals surface area contributed by atoms with E-state index in [1.807, 2.05) is 0 Å². The van der Waals surface area contributed by atoms with Gasteiger partial charge in [-0.2, -0.15) is 5.10 Å². The minimum absolute atomic E-state index is 0.0242. The first-order valence-corrected chi connectivity index (χ1v) is 4.77. The Labute approximate surface area is 90.1 Å². The molecule has 0 fully saturated rings. The summed E-state index contributed by atoms with van der Waals surface area (Å²) in [5.41, 5.74) is 0.0353. The molecule has 0 bridgehead atoms. The standard InChI is InChI=1S/C9H10N4O3/c1-2-16-7(14)4-13-3-6-8(12-13)10-5-11-9(6)15/h3,5H,2,4H2,1H3,(H,10,11,12,15). The number of rotatable bonds is 3. The maximum atomic E-state index is 11.3. The number of H-pyrrole nitrogens is 1. The van der Waals surface area contributed by atoms with E-state index < -0.39 is 5.97 Å². The lowest BCUT2D eigenvalue weighted by atomic mass is 10.4. The first-order chi connectivity index (χ1) is 7.70. The van der Waals surface area contributed by atoms with Crippen LogP contribution in [0.3, 0.4) is 0 Å². The molecule has 0 amide bonds. The first kappa shape index (κ1) is 10.3. The predicted molar refractivity (Wildman–Crippen MR) is 54.8 cm³/mol. The first-order valence-electron chi connectivity index (χ1n) is 4.77.